The highest BCUT2D eigenvalue weighted by atomic mass is 16.3. The average molecular weight is 290 g/mol. The predicted octanol–water partition coefficient (Wildman–Crippen LogP) is 1.10. The minimum atomic E-state index is -0.259. The van der Waals surface area contributed by atoms with E-state index in [0.717, 1.165) is 49.8 Å². The van der Waals surface area contributed by atoms with E-state index < -0.39 is 0 Å². The first-order chi connectivity index (χ1) is 10.2. The van der Waals surface area contributed by atoms with Crippen LogP contribution in [-0.2, 0) is 12.8 Å². The number of hydrogen-bond donors (Lipinski definition) is 2. The summed E-state index contributed by atoms with van der Waals surface area (Å²) in [7, 11) is 0. The molecular formula is C16H22N2O3. The van der Waals surface area contributed by atoms with Gasteiger partial charge in [0.1, 0.15) is 5.56 Å². The predicted molar refractivity (Wildman–Crippen MR) is 79.4 cm³/mol. The van der Waals surface area contributed by atoms with Crippen molar-refractivity contribution < 1.29 is 9.90 Å². The van der Waals surface area contributed by atoms with Crippen LogP contribution in [0.25, 0.3) is 0 Å². The second kappa shape index (κ2) is 6.02. The smallest absolute Gasteiger partial charge is 0.261 e. The molecule has 1 aliphatic heterocycles. The fourth-order valence-corrected chi connectivity index (χ4v) is 3.32. The zero-order valence-corrected chi connectivity index (χ0v) is 12.2. The van der Waals surface area contributed by atoms with Gasteiger partial charge in [-0.25, -0.2) is 0 Å². The summed E-state index contributed by atoms with van der Waals surface area (Å²) < 4.78 is 0. The molecular weight excluding hydrogens is 268 g/mol. The van der Waals surface area contributed by atoms with Gasteiger partial charge in [0.25, 0.3) is 11.5 Å². The summed E-state index contributed by atoms with van der Waals surface area (Å²) in [4.78, 5) is 29.3. The molecule has 0 radical (unpaired) electrons. The highest BCUT2D eigenvalue weighted by Gasteiger charge is 2.25. The lowest BCUT2D eigenvalue weighted by Crippen LogP contribution is -2.41. The quantitative estimate of drug-likeness (QED) is 0.856. The number of aromatic amines is 1. The molecule has 5 heteroatoms. The third kappa shape index (κ3) is 2.88. The van der Waals surface area contributed by atoms with Crippen molar-refractivity contribution in [2.24, 2.45) is 5.92 Å². The standard InChI is InChI=1S/C16H22N2O3/c19-10-11-5-7-18(8-6-11)16(21)13-9-12-3-1-2-4-14(12)17-15(13)20/h9,11,19H,1-8,10H2,(H,17,20). The number of rotatable bonds is 2. The van der Waals surface area contributed by atoms with Crippen molar-refractivity contribution in [3.63, 3.8) is 0 Å². The Morgan fingerprint density at radius 3 is 2.71 bits per heavy atom. The first kappa shape index (κ1) is 14.3. The van der Waals surface area contributed by atoms with E-state index in [0.29, 0.717) is 13.1 Å². The fourth-order valence-electron chi connectivity index (χ4n) is 3.32. The molecule has 3 rings (SSSR count). The zero-order chi connectivity index (χ0) is 14.8. The average Bonchev–Trinajstić information content (AvgIpc) is 2.53. The minimum Gasteiger partial charge on any atom is -0.396 e. The lowest BCUT2D eigenvalue weighted by atomic mass is 9.94. The molecule has 2 aliphatic rings. The Balaban J connectivity index is 1.80. The van der Waals surface area contributed by atoms with Gasteiger partial charge in [0, 0.05) is 25.4 Å². The lowest BCUT2D eigenvalue weighted by Gasteiger charge is -2.31. The molecule has 5 nitrogen and oxygen atoms in total. The van der Waals surface area contributed by atoms with Gasteiger partial charge >= 0.3 is 0 Å². The summed E-state index contributed by atoms with van der Waals surface area (Å²) in [6.45, 7) is 1.43. The number of H-pyrrole nitrogens is 1. The van der Waals surface area contributed by atoms with Crippen LogP contribution in [0.3, 0.4) is 0 Å². The highest BCUT2D eigenvalue weighted by molar-refractivity contribution is 5.94. The van der Waals surface area contributed by atoms with Gasteiger partial charge in [-0.3, -0.25) is 9.59 Å². The molecule has 114 valence electrons. The van der Waals surface area contributed by atoms with Crippen molar-refractivity contribution in [3.8, 4) is 0 Å². The van der Waals surface area contributed by atoms with E-state index in [1.165, 1.54) is 0 Å². The normalized spacial score (nSPS) is 19.4. The van der Waals surface area contributed by atoms with Crippen molar-refractivity contribution in [1.29, 1.82) is 0 Å². The van der Waals surface area contributed by atoms with Crippen molar-refractivity contribution >= 4 is 5.91 Å². The molecule has 0 unspecified atom stereocenters. The summed E-state index contributed by atoms with van der Waals surface area (Å²) in [5.74, 6) is 0.122. The molecule has 1 saturated heterocycles. The number of nitrogens with zero attached hydrogens (tertiary/aromatic N) is 1. The van der Waals surface area contributed by atoms with Gasteiger partial charge in [-0.15, -0.1) is 0 Å². The van der Waals surface area contributed by atoms with Crippen molar-refractivity contribution in [2.75, 3.05) is 19.7 Å². The number of pyridine rings is 1. The third-order valence-electron chi connectivity index (χ3n) is 4.73. The number of amides is 1. The van der Waals surface area contributed by atoms with Crippen LogP contribution < -0.4 is 5.56 Å². The Kier molecular flexibility index (Phi) is 4.10. The number of hydrogen-bond acceptors (Lipinski definition) is 3. The molecule has 1 aliphatic carbocycles. The number of aliphatic hydroxyl groups excluding tert-OH is 1. The van der Waals surface area contributed by atoms with E-state index in [4.69, 9.17) is 5.11 Å². The Morgan fingerprint density at radius 2 is 2.00 bits per heavy atom. The number of aromatic nitrogens is 1. The van der Waals surface area contributed by atoms with Crippen LogP contribution in [0.4, 0.5) is 0 Å². The van der Waals surface area contributed by atoms with Crippen molar-refractivity contribution in [3.05, 3.63) is 33.2 Å². The number of fused-ring (bicyclic) bond motifs is 1. The van der Waals surface area contributed by atoms with Crippen LogP contribution in [0.2, 0.25) is 0 Å². The molecule has 2 heterocycles. The number of aryl methyl sites for hydroxylation is 2. The van der Waals surface area contributed by atoms with Crippen LogP contribution in [0, 0.1) is 5.92 Å². The van der Waals surface area contributed by atoms with Gasteiger partial charge in [0.15, 0.2) is 0 Å². The number of likely N-dealkylation sites (tertiary alicyclic amines) is 1. The van der Waals surface area contributed by atoms with Crippen molar-refractivity contribution in [1.82, 2.24) is 9.88 Å². The second-order valence-electron chi connectivity index (χ2n) is 6.14. The maximum Gasteiger partial charge on any atom is 0.261 e. The van der Waals surface area contributed by atoms with E-state index in [1.807, 2.05) is 0 Å². The topological polar surface area (TPSA) is 73.4 Å². The van der Waals surface area contributed by atoms with E-state index >= 15 is 0 Å². The monoisotopic (exact) mass is 290 g/mol. The first-order valence-corrected chi connectivity index (χ1v) is 7.84. The van der Waals surface area contributed by atoms with Gasteiger partial charge in [0.2, 0.25) is 0 Å². The van der Waals surface area contributed by atoms with Gasteiger partial charge in [-0.2, -0.15) is 0 Å². The lowest BCUT2D eigenvalue weighted by molar-refractivity contribution is 0.0649. The molecule has 0 aromatic carbocycles. The minimum absolute atomic E-state index is 0.166. The molecule has 0 spiro atoms. The molecule has 1 fully saturated rings. The van der Waals surface area contributed by atoms with Gasteiger partial charge in [0.05, 0.1) is 0 Å². The van der Waals surface area contributed by atoms with E-state index in [1.54, 1.807) is 11.0 Å². The Labute approximate surface area is 124 Å². The zero-order valence-electron chi connectivity index (χ0n) is 12.2. The van der Waals surface area contributed by atoms with Crippen LogP contribution >= 0.6 is 0 Å². The molecule has 1 aromatic rings. The first-order valence-electron chi connectivity index (χ1n) is 7.84. The summed E-state index contributed by atoms with van der Waals surface area (Å²) in [6.07, 6.45) is 5.69. The summed E-state index contributed by atoms with van der Waals surface area (Å²) >= 11 is 0. The van der Waals surface area contributed by atoms with Gasteiger partial charge in [-0.1, -0.05) is 0 Å². The van der Waals surface area contributed by atoms with E-state index in [2.05, 4.69) is 4.98 Å². The fraction of sp³-hybridized carbons (Fsp3) is 0.625. The molecule has 1 aromatic heterocycles. The van der Waals surface area contributed by atoms with Crippen molar-refractivity contribution in [2.45, 2.75) is 38.5 Å². The Bertz CT molecular complexity index is 586. The number of piperidine rings is 1. The summed E-state index contributed by atoms with van der Waals surface area (Å²) in [6, 6.07) is 1.80. The molecule has 21 heavy (non-hydrogen) atoms. The van der Waals surface area contributed by atoms with Gasteiger partial charge < -0.3 is 15.0 Å². The maximum absolute atomic E-state index is 12.5. The van der Waals surface area contributed by atoms with Crippen LogP contribution in [0.1, 0.15) is 47.3 Å². The second-order valence-corrected chi connectivity index (χ2v) is 6.14. The number of nitrogens with one attached hydrogen (secondary N) is 1. The SMILES string of the molecule is O=C(c1cc2c([nH]c1=O)CCCC2)N1CCC(CO)CC1. The van der Waals surface area contributed by atoms with Crippen LogP contribution in [0.5, 0.6) is 0 Å². The van der Waals surface area contributed by atoms with E-state index in [-0.39, 0.29) is 29.6 Å². The van der Waals surface area contributed by atoms with Crippen LogP contribution in [-0.4, -0.2) is 40.6 Å². The Morgan fingerprint density at radius 1 is 1.29 bits per heavy atom. The molecule has 0 bridgehead atoms. The third-order valence-corrected chi connectivity index (χ3v) is 4.73. The van der Waals surface area contributed by atoms with Crippen LogP contribution in [0.15, 0.2) is 10.9 Å². The summed E-state index contributed by atoms with van der Waals surface area (Å²) in [5, 5.41) is 9.15. The summed E-state index contributed by atoms with van der Waals surface area (Å²) in [5.41, 5.74) is 2.14. The maximum atomic E-state index is 12.5. The molecule has 0 saturated carbocycles. The van der Waals surface area contributed by atoms with E-state index in [9.17, 15) is 9.59 Å². The van der Waals surface area contributed by atoms with Gasteiger partial charge in [-0.05, 0) is 56.1 Å². The largest absolute Gasteiger partial charge is 0.396 e. The molecule has 0 atom stereocenters. The Hall–Kier alpha value is -1.62. The number of aliphatic hydroxyl groups is 1. The number of carbonyl (C=O) groups is 1. The number of carbonyl (C=O) groups excluding carboxylic acids is 1. The molecule has 2 N–H and O–H groups in total. The molecule has 1 amide bonds. The highest BCUT2D eigenvalue weighted by Crippen LogP contribution is 2.21.